The molecule has 8 nitrogen and oxygen atoms in total. The van der Waals surface area contributed by atoms with Gasteiger partial charge < -0.3 is 24.3 Å². The van der Waals surface area contributed by atoms with Gasteiger partial charge in [-0.2, -0.15) is 0 Å². The largest absolute Gasteiger partial charge is 0.382 e. The van der Waals surface area contributed by atoms with E-state index in [-0.39, 0.29) is 0 Å². The number of nitrogens with zero attached hydrogens (tertiary/aromatic N) is 5. The predicted molar refractivity (Wildman–Crippen MR) is 113 cm³/mol. The van der Waals surface area contributed by atoms with Crippen LogP contribution < -0.4 is 5.32 Å². The van der Waals surface area contributed by atoms with E-state index in [9.17, 15) is 0 Å². The zero-order valence-electron chi connectivity index (χ0n) is 17.7. The van der Waals surface area contributed by atoms with E-state index in [0.29, 0.717) is 32.2 Å². The summed E-state index contributed by atoms with van der Waals surface area (Å²) in [5, 5.41) is 11.9. The van der Waals surface area contributed by atoms with Crippen LogP contribution >= 0.6 is 0 Å². The van der Waals surface area contributed by atoms with Crippen molar-refractivity contribution in [3.05, 3.63) is 47.5 Å². The smallest absolute Gasteiger partial charge is 0.194 e. The van der Waals surface area contributed by atoms with Gasteiger partial charge in [-0.1, -0.05) is 30.3 Å². The van der Waals surface area contributed by atoms with Gasteiger partial charge in [0.25, 0.3) is 0 Å². The fourth-order valence-corrected chi connectivity index (χ4v) is 3.33. The highest BCUT2D eigenvalue weighted by Crippen LogP contribution is 2.17. The van der Waals surface area contributed by atoms with E-state index in [1.165, 1.54) is 5.56 Å². The highest BCUT2D eigenvalue weighted by molar-refractivity contribution is 5.80. The maximum Gasteiger partial charge on any atom is 0.194 e. The Bertz CT molecular complexity index is 777. The Balaban J connectivity index is 1.62. The SMILES string of the molecule is COCCOCC1CCN(C(=NCc2ccccc2)NCc2nnc(C)n2C)C1. The molecule has 2 aromatic rings. The molecule has 1 fully saturated rings. The first-order chi connectivity index (χ1) is 14.2. The summed E-state index contributed by atoms with van der Waals surface area (Å²) in [6.45, 7) is 7.14. The quantitative estimate of drug-likeness (QED) is 0.393. The number of methoxy groups -OCH3 is 1. The molecule has 1 aromatic carbocycles. The van der Waals surface area contributed by atoms with E-state index in [4.69, 9.17) is 14.5 Å². The number of aromatic nitrogens is 3. The van der Waals surface area contributed by atoms with Gasteiger partial charge in [-0.3, -0.25) is 0 Å². The molecule has 1 unspecified atom stereocenters. The zero-order valence-corrected chi connectivity index (χ0v) is 17.7. The first kappa shape index (κ1) is 21.3. The van der Waals surface area contributed by atoms with Crippen molar-refractivity contribution in [2.75, 3.05) is 40.0 Å². The zero-order chi connectivity index (χ0) is 20.5. The van der Waals surface area contributed by atoms with Crippen LogP contribution in [-0.4, -0.2) is 65.6 Å². The van der Waals surface area contributed by atoms with Crippen molar-refractivity contribution < 1.29 is 9.47 Å². The normalized spacial score (nSPS) is 17.1. The van der Waals surface area contributed by atoms with Gasteiger partial charge in [0.1, 0.15) is 5.82 Å². The van der Waals surface area contributed by atoms with Crippen LogP contribution in [0, 0.1) is 12.8 Å². The molecule has 1 saturated heterocycles. The van der Waals surface area contributed by atoms with Crippen molar-refractivity contribution in [1.29, 1.82) is 0 Å². The summed E-state index contributed by atoms with van der Waals surface area (Å²) in [6.07, 6.45) is 1.10. The van der Waals surface area contributed by atoms with Gasteiger partial charge in [0.05, 0.1) is 32.9 Å². The van der Waals surface area contributed by atoms with Gasteiger partial charge in [-0.05, 0) is 18.9 Å². The molecule has 0 spiro atoms. The minimum absolute atomic E-state index is 0.507. The second-order valence-corrected chi connectivity index (χ2v) is 7.37. The Kier molecular flexibility index (Phi) is 8.01. The van der Waals surface area contributed by atoms with Crippen LogP contribution in [0.15, 0.2) is 35.3 Å². The van der Waals surface area contributed by atoms with E-state index in [0.717, 1.165) is 43.7 Å². The van der Waals surface area contributed by atoms with Crippen LogP contribution in [0.1, 0.15) is 23.6 Å². The van der Waals surface area contributed by atoms with E-state index >= 15 is 0 Å². The van der Waals surface area contributed by atoms with Crippen LogP contribution in [0.4, 0.5) is 0 Å². The van der Waals surface area contributed by atoms with Crippen molar-refractivity contribution in [1.82, 2.24) is 25.0 Å². The van der Waals surface area contributed by atoms with Gasteiger partial charge in [0.15, 0.2) is 11.8 Å². The fraction of sp³-hybridized carbons (Fsp3) is 0.571. The van der Waals surface area contributed by atoms with E-state index < -0.39 is 0 Å². The molecular formula is C21H32N6O2. The van der Waals surface area contributed by atoms with Crippen molar-refractivity contribution in [3.63, 3.8) is 0 Å². The molecule has 158 valence electrons. The fourth-order valence-electron chi connectivity index (χ4n) is 3.33. The lowest BCUT2D eigenvalue weighted by atomic mass is 10.1. The van der Waals surface area contributed by atoms with Crippen LogP contribution in [0.5, 0.6) is 0 Å². The summed E-state index contributed by atoms with van der Waals surface area (Å²) in [5.74, 6) is 3.22. The number of likely N-dealkylation sites (tertiary alicyclic amines) is 1. The molecule has 1 N–H and O–H groups in total. The molecule has 0 radical (unpaired) electrons. The van der Waals surface area contributed by atoms with Gasteiger partial charge in [0, 0.05) is 33.2 Å². The molecule has 1 aromatic heterocycles. The summed E-state index contributed by atoms with van der Waals surface area (Å²) < 4.78 is 12.8. The number of rotatable bonds is 9. The first-order valence-electron chi connectivity index (χ1n) is 10.2. The molecule has 8 heteroatoms. The molecule has 1 atom stereocenters. The van der Waals surface area contributed by atoms with Crippen molar-refractivity contribution in [2.24, 2.45) is 18.0 Å². The molecule has 0 saturated carbocycles. The summed E-state index contributed by atoms with van der Waals surface area (Å²) in [7, 11) is 3.68. The minimum atomic E-state index is 0.507. The van der Waals surface area contributed by atoms with Crippen LogP contribution in [-0.2, 0) is 29.6 Å². The maximum atomic E-state index is 5.73. The number of aliphatic imine (C=N–C) groups is 1. The van der Waals surface area contributed by atoms with Gasteiger partial charge in [-0.15, -0.1) is 10.2 Å². The second-order valence-electron chi connectivity index (χ2n) is 7.37. The van der Waals surface area contributed by atoms with Crippen LogP contribution in [0.3, 0.4) is 0 Å². The Morgan fingerprint density at radius 1 is 1.24 bits per heavy atom. The Labute approximate surface area is 172 Å². The van der Waals surface area contributed by atoms with Crippen molar-refractivity contribution in [3.8, 4) is 0 Å². The van der Waals surface area contributed by atoms with E-state index in [2.05, 4.69) is 32.5 Å². The van der Waals surface area contributed by atoms with Crippen LogP contribution in [0.2, 0.25) is 0 Å². The van der Waals surface area contributed by atoms with Crippen molar-refractivity contribution >= 4 is 5.96 Å². The average molecular weight is 401 g/mol. The Hall–Kier alpha value is -2.45. The number of aryl methyl sites for hydroxylation is 1. The predicted octanol–water partition coefficient (Wildman–Crippen LogP) is 1.75. The lowest BCUT2D eigenvalue weighted by molar-refractivity contribution is 0.0536. The molecule has 1 aliphatic rings. The molecule has 3 rings (SSSR count). The highest BCUT2D eigenvalue weighted by atomic mass is 16.5. The molecule has 29 heavy (non-hydrogen) atoms. The molecule has 0 aliphatic carbocycles. The second kappa shape index (κ2) is 10.9. The Morgan fingerprint density at radius 2 is 2.07 bits per heavy atom. The summed E-state index contributed by atoms with van der Waals surface area (Å²) in [5.41, 5.74) is 1.19. The van der Waals surface area contributed by atoms with E-state index in [1.54, 1.807) is 7.11 Å². The third-order valence-corrected chi connectivity index (χ3v) is 5.21. The topological polar surface area (TPSA) is 76.8 Å². The molecule has 1 aliphatic heterocycles. The monoisotopic (exact) mass is 400 g/mol. The average Bonchev–Trinajstić information content (AvgIpc) is 3.34. The number of hydrogen-bond acceptors (Lipinski definition) is 5. The Morgan fingerprint density at radius 3 is 2.79 bits per heavy atom. The van der Waals surface area contributed by atoms with Crippen molar-refractivity contribution in [2.45, 2.75) is 26.4 Å². The highest BCUT2D eigenvalue weighted by Gasteiger charge is 2.25. The molecular weight excluding hydrogens is 368 g/mol. The molecule has 2 heterocycles. The summed E-state index contributed by atoms with van der Waals surface area (Å²) >= 11 is 0. The lowest BCUT2D eigenvalue weighted by Gasteiger charge is -2.22. The van der Waals surface area contributed by atoms with Gasteiger partial charge in [0.2, 0.25) is 0 Å². The first-order valence-corrected chi connectivity index (χ1v) is 10.2. The number of ether oxygens (including phenoxy) is 2. The summed E-state index contributed by atoms with van der Waals surface area (Å²) in [6, 6.07) is 10.3. The minimum Gasteiger partial charge on any atom is -0.382 e. The third kappa shape index (κ3) is 6.27. The number of hydrogen-bond donors (Lipinski definition) is 1. The molecule has 0 bridgehead atoms. The molecule has 0 amide bonds. The lowest BCUT2D eigenvalue weighted by Crippen LogP contribution is -2.40. The van der Waals surface area contributed by atoms with Gasteiger partial charge >= 0.3 is 0 Å². The van der Waals surface area contributed by atoms with Crippen LogP contribution in [0.25, 0.3) is 0 Å². The standard InChI is InChI=1S/C21H32N6O2/c1-17-24-25-20(26(17)2)14-23-21(22-13-18-7-5-4-6-8-18)27-10-9-19(15-27)16-29-12-11-28-3/h4-8,19H,9-16H2,1-3H3,(H,22,23). The summed E-state index contributed by atoms with van der Waals surface area (Å²) in [4.78, 5) is 7.20. The van der Waals surface area contributed by atoms with E-state index in [1.807, 2.05) is 36.7 Å². The maximum absolute atomic E-state index is 5.73. The number of benzene rings is 1. The number of guanidine groups is 1. The third-order valence-electron chi connectivity index (χ3n) is 5.21. The number of nitrogens with one attached hydrogen (secondary N) is 1. The van der Waals surface area contributed by atoms with Gasteiger partial charge in [-0.25, -0.2) is 4.99 Å².